The number of pyridine rings is 1. The summed E-state index contributed by atoms with van der Waals surface area (Å²) in [4.78, 5) is 52.7. The van der Waals surface area contributed by atoms with Gasteiger partial charge in [-0.2, -0.15) is 0 Å². The number of rotatable bonds is 11. The molecule has 240 valence electrons. The molecule has 0 bridgehead atoms. The fourth-order valence-corrected chi connectivity index (χ4v) is 6.21. The lowest BCUT2D eigenvalue weighted by Crippen LogP contribution is -2.38. The van der Waals surface area contributed by atoms with Crippen LogP contribution in [-0.4, -0.2) is 58.7 Å². The quantitative estimate of drug-likeness (QED) is 0.194. The number of amides is 3. The molecule has 3 amide bonds. The van der Waals surface area contributed by atoms with E-state index >= 15 is 0 Å². The molecule has 0 unspecified atom stereocenters. The average molecular weight is 650 g/mol. The second kappa shape index (κ2) is 15.0. The Morgan fingerprint density at radius 1 is 1.02 bits per heavy atom. The molecule has 3 N–H and O–H groups in total. The summed E-state index contributed by atoms with van der Waals surface area (Å²) in [6.45, 7) is 3.46. The van der Waals surface area contributed by atoms with Gasteiger partial charge in [0.15, 0.2) is 0 Å². The van der Waals surface area contributed by atoms with Gasteiger partial charge in [-0.25, -0.2) is 15.0 Å². The van der Waals surface area contributed by atoms with Gasteiger partial charge < -0.3 is 20.3 Å². The Labute approximate surface area is 277 Å². The van der Waals surface area contributed by atoms with Gasteiger partial charge >= 0.3 is 0 Å². The van der Waals surface area contributed by atoms with Crippen molar-refractivity contribution in [2.75, 3.05) is 31.6 Å². The number of imide groups is 1. The minimum atomic E-state index is -0.401. The summed E-state index contributed by atoms with van der Waals surface area (Å²) in [7, 11) is 1.64. The molecule has 6 rings (SSSR count). The summed E-state index contributed by atoms with van der Waals surface area (Å²) in [5.41, 5.74) is 4.64. The summed E-state index contributed by atoms with van der Waals surface area (Å²) in [5, 5.41) is 8.44. The summed E-state index contributed by atoms with van der Waals surface area (Å²) < 4.78 is 5.61. The van der Waals surface area contributed by atoms with Crippen molar-refractivity contribution in [1.82, 2.24) is 30.9 Å². The molecule has 11 nitrogen and oxygen atoms in total. The highest BCUT2D eigenvalue weighted by Crippen LogP contribution is 2.27. The van der Waals surface area contributed by atoms with Gasteiger partial charge in [-0.05, 0) is 79.0 Å². The van der Waals surface area contributed by atoms with E-state index in [1.165, 1.54) is 0 Å². The maximum atomic E-state index is 12.9. The summed E-state index contributed by atoms with van der Waals surface area (Å²) in [6.07, 6.45) is 5.23. The van der Waals surface area contributed by atoms with Crippen LogP contribution in [-0.2, 0) is 17.9 Å². The van der Waals surface area contributed by atoms with Gasteiger partial charge in [-0.3, -0.25) is 19.7 Å². The Hall–Kier alpha value is -5.07. The first kappa shape index (κ1) is 31.9. The number of carbonyl (C=O) groups excluding carboxylic acids is 3. The Morgan fingerprint density at radius 3 is 2.62 bits per heavy atom. The van der Waals surface area contributed by atoms with Crippen molar-refractivity contribution in [3.63, 3.8) is 0 Å². The van der Waals surface area contributed by atoms with Crippen LogP contribution in [0.3, 0.4) is 0 Å². The highest BCUT2D eigenvalue weighted by atomic mass is 32.2. The molecule has 0 radical (unpaired) electrons. The minimum absolute atomic E-state index is 0.135. The predicted molar refractivity (Wildman–Crippen MR) is 182 cm³/mol. The fourth-order valence-electron chi connectivity index (χ4n) is 5.54. The van der Waals surface area contributed by atoms with Gasteiger partial charge in [0.05, 0.1) is 29.1 Å². The highest BCUT2D eigenvalue weighted by molar-refractivity contribution is 8.18. The van der Waals surface area contributed by atoms with Crippen LogP contribution < -0.4 is 25.6 Å². The standard InChI is InChI=1S/C35H35N7O4S/c1-46-30-11-10-28(25-8-5-9-26(18-25)32(43)38-21-23-6-3-2-4-7-23)40-29(30)22-36-20-24-13-16-42(17-14-24)34-37-15-12-27(39-34)19-31-33(44)41-35(45)47-31/h2-12,15,18-19,24,36H,13-14,16-17,20-22H2,1H3,(H,38,43)(H,41,44,45). The van der Waals surface area contributed by atoms with Crippen molar-refractivity contribution < 1.29 is 19.1 Å². The summed E-state index contributed by atoms with van der Waals surface area (Å²) in [6, 6.07) is 22.9. The van der Waals surface area contributed by atoms with E-state index in [1.807, 2.05) is 60.7 Å². The SMILES string of the molecule is COc1ccc(-c2cccc(C(=O)NCc3ccccc3)c2)nc1CNCC1CCN(c2nccc(C=C3SC(=O)NC3=O)n2)CC1. The highest BCUT2D eigenvalue weighted by Gasteiger charge is 2.26. The lowest BCUT2D eigenvalue weighted by Gasteiger charge is -2.32. The van der Waals surface area contributed by atoms with E-state index < -0.39 is 5.91 Å². The van der Waals surface area contributed by atoms with E-state index in [9.17, 15) is 14.4 Å². The third-order valence-corrected chi connectivity index (χ3v) is 8.89. The smallest absolute Gasteiger partial charge is 0.290 e. The van der Waals surface area contributed by atoms with E-state index in [2.05, 4.69) is 30.8 Å². The molecule has 0 spiro atoms. The van der Waals surface area contributed by atoms with Crippen molar-refractivity contribution in [3.05, 3.63) is 106 Å². The van der Waals surface area contributed by atoms with Gasteiger partial charge in [-0.1, -0.05) is 42.5 Å². The first-order valence-electron chi connectivity index (χ1n) is 15.4. The number of thioether (sulfide) groups is 1. The van der Waals surface area contributed by atoms with Crippen LogP contribution in [0.5, 0.6) is 5.75 Å². The predicted octanol–water partition coefficient (Wildman–Crippen LogP) is 4.81. The third-order valence-electron chi connectivity index (χ3n) is 8.08. The molecule has 2 aliphatic rings. The van der Waals surface area contributed by atoms with Crippen molar-refractivity contribution in [3.8, 4) is 17.0 Å². The molecule has 0 saturated carbocycles. The van der Waals surface area contributed by atoms with E-state index in [0.29, 0.717) is 46.9 Å². The molecule has 0 atom stereocenters. The van der Waals surface area contributed by atoms with Crippen LogP contribution in [0.2, 0.25) is 0 Å². The number of aromatic nitrogens is 3. The van der Waals surface area contributed by atoms with Gasteiger partial charge in [0, 0.05) is 43.5 Å². The molecular weight excluding hydrogens is 614 g/mol. The first-order chi connectivity index (χ1) is 22.9. The third kappa shape index (κ3) is 8.21. The molecule has 2 aromatic carbocycles. The first-order valence-corrected chi connectivity index (χ1v) is 16.3. The largest absolute Gasteiger partial charge is 0.495 e. The minimum Gasteiger partial charge on any atom is -0.495 e. The number of carbonyl (C=O) groups is 3. The van der Waals surface area contributed by atoms with Crippen molar-refractivity contribution in [2.24, 2.45) is 5.92 Å². The van der Waals surface area contributed by atoms with Crippen LogP contribution >= 0.6 is 11.8 Å². The molecule has 47 heavy (non-hydrogen) atoms. The van der Waals surface area contributed by atoms with Crippen LogP contribution in [0.1, 0.15) is 40.2 Å². The van der Waals surface area contributed by atoms with Crippen LogP contribution in [0.15, 0.2) is 83.9 Å². The maximum absolute atomic E-state index is 12.9. The summed E-state index contributed by atoms with van der Waals surface area (Å²) in [5.74, 6) is 1.26. The number of hydrogen-bond acceptors (Lipinski definition) is 10. The number of hydrogen-bond donors (Lipinski definition) is 3. The molecule has 4 heterocycles. The lowest BCUT2D eigenvalue weighted by molar-refractivity contribution is -0.115. The fraction of sp³-hybridized carbons (Fsp3) is 0.257. The zero-order chi connectivity index (χ0) is 32.6. The molecule has 2 fully saturated rings. The van der Waals surface area contributed by atoms with Crippen molar-refractivity contribution >= 4 is 40.8 Å². The van der Waals surface area contributed by atoms with E-state index in [4.69, 9.17) is 9.72 Å². The lowest BCUT2D eigenvalue weighted by atomic mass is 9.97. The maximum Gasteiger partial charge on any atom is 0.290 e. The van der Waals surface area contributed by atoms with Gasteiger partial charge in [0.1, 0.15) is 5.75 Å². The van der Waals surface area contributed by atoms with E-state index in [0.717, 1.165) is 66.8 Å². The van der Waals surface area contributed by atoms with E-state index in [1.54, 1.807) is 31.5 Å². The Morgan fingerprint density at radius 2 is 1.85 bits per heavy atom. The van der Waals surface area contributed by atoms with Crippen LogP contribution in [0, 0.1) is 5.92 Å². The normalized spacial score (nSPS) is 15.9. The molecular formula is C35H35N7O4S. The number of ether oxygens (including phenoxy) is 1. The second-order valence-corrected chi connectivity index (χ2v) is 12.3. The zero-order valence-corrected chi connectivity index (χ0v) is 26.8. The summed E-state index contributed by atoms with van der Waals surface area (Å²) >= 11 is 0.874. The van der Waals surface area contributed by atoms with Gasteiger partial charge in [0.25, 0.3) is 17.1 Å². The topological polar surface area (TPSA) is 138 Å². The van der Waals surface area contributed by atoms with Crippen LogP contribution in [0.4, 0.5) is 10.7 Å². The Bertz CT molecular complexity index is 1790. The molecule has 12 heteroatoms. The van der Waals surface area contributed by atoms with Crippen molar-refractivity contribution in [2.45, 2.75) is 25.9 Å². The van der Waals surface area contributed by atoms with Crippen LogP contribution in [0.25, 0.3) is 17.3 Å². The van der Waals surface area contributed by atoms with E-state index in [-0.39, 0.29) is 11.1 Å². The monoisotopic (exact) mass is 649 g/mol. The Balaban J connectivity index is 1.02. The number of anilines is 1. The second-order valence-electron chi connectivity index (χ2n) is 11.3. The molecule has 2 aliphatic heterocycles. The van der Waals surface area contributed by atoms with Gasteiger partial charge in [0.2, 0.25) is 5.95 Å². The Kier molecular flexibility index (Phi) is 10.2. The molecule has 2 aromatic heterocycles. The molecule has 0 aliphatic carbocycles. The number of methoxy groups -OCH3 is 1. The zero-order valence-electron chi connectivity index (χ0n) is 25.9. The van der Waals surface area contributed by atoms with Gasteiger partial charge in [-0.15, -0.1) is 0 Å². The number of nitrogens with one attached hydrogen (secondary N) is 3. The van der Waals surface area contributed by atoms with Crippen molar-refractivity contribution in [1.29, 1.82) is 0 Å². The average Bonchev–Trinajstić information content (AvgIpc) is 3.43. The molecule has 4 aromatic rings. The number of benzene rings is 2. The number of nitrogens with zero attached hydrogens (tertiary/aromatic N) is 4. The number of piperidine rings is 1. The molecule has 2 saturated heterocycles.